The van der Waals surface area contributed by atoms with Crippen LogP contribution in [0.2, 0.25) is 0 Å². The van der Waals surface area contributed by atoms with Gasteiger partial charge in [-0.15, -0.1) is 24.8 Å². The zero-order valence-electron chi connectivity index (χ0n) is 10.9. The maximum absolute atomic E-state index is 5.20. The summed E-state index contributed by atoms with van der Waals surface area (Å²) in [6, 6.07) is 3.72. The average molecular weight is 304 g/mol. The van der Waals surface area contributed by atoms with Crippen LogP contribution in [0.3, 0.4) is 0 Å². The van der Waals surface area contributed by atoms with Gasteiger partial charge in [0.05, 0.1) is 13.7 Å². The number of nitrogens with one attached hydrogen (secondary N) is 1. The molecular weight excluding hydrogens is 285 g/mol. The molecule has 1 aliphatic rings. The van der Waals surface area contributed by atoms with Crippen LogP contribution in [0.25, 0.3) is 0 Å². The van der Waals surface area contributed by atoms with E-state index in [1.165, 1.54) is 0 Å². The first kappa shape index (κ1) is 18.0. The van der Waals surface area contributed by atoms with Crippen LogP contribution < -0.4 is 10.1 Å². The van der Waals surface area contributed by atoms with E-state index in [1.54, 1.807) is 13.3 Å². The summed E-state index contributed by atoms with van der Waals surface area (Å²) >= 11 is 0. The fourth-order valence-corrected chi connectivity index (χ4v) is 1.75. The van der Waals surface area contributed by atoms with Crippen molar-refractivity contribution in [3.05, 3.63) is 24.0 Å². The Balaban J connectivity index is 0.00000162. The summed E-state index contributed by atoms with van der Waals surface area (Å²) in [7, 11) is 1.64. The molecule has 1 saturated heterocycles. The van der Waals surface area contributed by atoms with E-state index in [4.69, 9.17) is 4.74 Å². The van der Waals surface area contributed by atoms with Crippen molar-refractivity contribution in [2.45, 2.75) is 0 Å². The lowest BCUT2D eigenvalue weighted by molar-refractivity contribution is 0.268. The third-order valence-electron chi connectivity index (χ3n) is 2.71. The molecule has 0 amide bonds. The van der Waals surface area contributed by atoms with E-state index < -0.39 is 0 Å². The number of nitrogens with zero attached hydrogens (tertiary/aromatic N) is 2. The molecule has 0 unspecified atom stereocenters. The van der Waals surface area contributed by atoms with Gasteiger partial charge in [-0.3, -0.25) is 4.90 Å². The van der Waals surface area contributed by atoms with Crippen molar-refractivity contribution in [3.8, 4) is 17.6 Å². The molecule has 0 saturated carbocycles. The fraction of sp³-hybridized carbons (Fsp3) is 0.462. The van der Waals surface area contributed by atoms with Crippen LogP contribution in [0.15, 0.2) is 18.3 Å². The first-order valence-electron chi connectivity index (χ1n) is 5.81. The first-order chi connectivity index (χ1) is 8.40. The van der Waals surface area contributed by atoms with Crippen LogP contribution in [0, 0.1) is 11.8 Å². The summed E-state index contributed by atoms with van der Waals surface area (Å²) in [6.45, 7) is 5.02. The van der Waals surface area contributed by atoms with Crippen LogP contribution in [0.5, 0.6) is 5.75 Å². The quantitative estimate of drug-likeness (QED) is 0.833. The Kier molecular flexibility index (Phi) is 9.36. The van der Waals surface area contributed by atoms with Gasteiger partial charge >= 0.3 is 0 Å². The van der Waals surface area contributed by atoms with Crippen molar-refractivity contribution in [2.75, 3.05) is 39.8 Å². The molecule has 0 radical (unpaired) electrons. The van der Waals surface area contributed by atoms with Crippen LogP contribution in [0.4, 0.5) is 0 Å². The predicted molar refractivity (Wildman–Crippen MR) is 81.5 cm³/mol. The lowest BCUT2D eigenvalue weighted by atomic mass is 10.3. The second kappa shape index (κ2) is 9.88. The number of ether oxygens (including phenoxy) is 1. The molecule has 4 nitrogen and oxygen atoms in total. The van der Waals surface area contributed by atoms with Gasteiger partial charge in [-0.1, -0.05) is 5.92 Å². The molecule has 0 aromatic carbocycles. The summed E-state index contributed by atoms with van der Waals surface area (Å²) in [5.41, 5.74) is 0.713. The monoisotopic (exact) mass is 303 g/mol. The largest absolute Gasteiger partial charge is 0.494 e. The van der Waals surface area contributed by atoms with E-state index >= 15 is 0 Å². The van der Waals surface area contributed by atoms with Crippen LogP contribution in [-0.4, -0.2) is 49.7 Å². The summed E-state index contributed by atoms with van der Waals surface area (Å²) in [5, 5.41) is 3.32. The van der Waals surface area contributed by atoms with E-state index in [0.29, 0.717) is 5.69 Å². The van der Waals surface area contributed by atoms with Crippen LogP contribution in [-0.2, 0) is 0 Å². The third-order valence-corrected chi connectivity index (χ3v) is 2.71. The summed E-state index contributed by atoms with van der Waals surface area (Å²) < 4.78 is 5.20. The Hall–Kier alpha value is -0.990. The standard InChI is InChI=1S/C13H17N3O.2ClH/c1-17-13-5-2-6-15-12(13)4-3-9-16-10-7-14-8-11-16;;/h2,5-6,14H,7-11H2,1H3;2*1H. The second-order valence-electron chi connectivity index (χ2n) is 3.88. The van der Waals surface area contributed by atoms with Gasteiger partial charge in [0.25, 0.3) is 0 Å². The predicted octanol–water partition coefficient (Wildman–Crippen LogP) is 1.19. The Morgan fingerprint density at radius 3 is 2.79 bits per heavy atom. The number of pyridine rings is 1. The van der Waals surface area contributed by atoms with Gasteiger partial charge in [0.1, 0.15) is 0 Å². The number of rotatable bonds is 2. The summed E-state index contributed by atoms with van der Waals surface area (Å²) in [6.07, 6.45) is 1.73. The van der Waals surface area contributed by atoms with Gasteiger partial charge in [-0.25, -0.2) is 4.98 Å². The molecule has 0 aliphatic carbocycles. The summed E-state index contributed by atoms with van der Waals surface area (Å²) in [5.74, 6) is 6.95. The van der Waals surface area contributed by atoms with Crippen molar-refractivity contribution >= 4 is 24.8 Å². The number of methoxy groups -OCH3 is 1. The summed E-state index contributed by atoms with van der Waals surface area (Å²) in [4.78, 5) is 6.53. The molecule has 1 aliphatic heterocycles. The highest BCUT2D eigenvalue weighted by Crippen LogP contribution is 2.12. The number of hydrogen-bond acceptors (Lipinski definition) is 4. The minimum Gasteiger partial charge on any atom is -0.494 e. The molecule has 1 fully saturated rings. The first-order valence-corrected chi connectivity index (χ1v) is 5.81. The topological polar surface area (TPSA) is 37.4 Å². The zero-order valence-corrected chi connectivity index (χ0v) is 12.5. The van der Waals surface area contributed by atoms with Gasteiger partial charge < -0.3 is 10.1 Å². The highest BCUT2D eigenvalue weighted by molar-refractivity contribution is 5.85. The van der Waals surface area contributed by atoms with Crippen molar-refractivity contribution in [1.82, 2.24) is 15.2 Å². The molecule has 0 bridgehead atoms. The third kappa shape index (κ3) is 5.66. The molecule has 6 heteroatoms. The Morgan fingerprint density at radius 2 is 2.11 bits per heavy atom. The smallest absolute Gasteiger partial charge is 0.155 e. The lowest BCUT2D eigenvalue weighted by Gasteiger charge is -2.24. The van der Waals surface area contributed by atoms with Gasteiger partial charge in [-0.2, -0.15) is 0 Å². The highest BCUT2D eigenvalue weighted by Gasteiger charge is 2.06. The van der Waals surface area contributed by atoms with Crippen molar-refractivity contribution in [3.63, 3.8) is 0 Å². The van der Waals surface area contributed by atoms with Gasteiger partial charge in [0.2, 0.25) is 0 Å². The minimum atomic E-state index is 0. The van der Waals surface area contributed by atoms with Crippen LogP contribution >= 0.6 is 24.8 Å². The molecule has 1 N–H and O–H groups in total. The maximum Gasteiger partial charge on any atom is 0.155 e. The normalized spacial score (nSPS) is 14.4. The Morgan fingerprint density at radius 1 is 1.37 bits per heavy atom. The van der Waals surface area contributed by atoms with E-state index in [1.807, 2.05) is 12.1 Å². The van der Waals surface area contributed by atoms with Crippen LogP contribution in [0.1, 0.15) is 5.69 Å². The molecule has 2 rings (SSSR count). The molecule has 19 heavy (non-hydrogen) atoms. The zero-order chi connectivity index (χ0) is 11.9. The molecule has 1 aromatic heterocycles. The fourth-order valence-electron chi connectivity index (χ4n) is 1.75. The minimum absolute atomic E-state index is 0. The van der Waals surface area contributed by atoms with Crippen molar-refractivity contribution < 1.29 is 4.74 Å². The average Bonchev–Trinajstić information content (AvgIpc) is 2.40. The maximum atomic E-state index is 5.20. The highest BCUT2D eigenvalue weighted by atomic mass is 35.5. The second-order valence-corrected chi connectivity index (χ2v) is 3.88. The SMILES string of the molecule is COc1cccnc1C#CCN1CCNCC1.Cl.Cl. The van der Waals surface area contributed by atoms with Gasteiger partial charge in [0, 0.05) is 32.4 Å². The number of hydrogen-bond donors (Lipinski definition) is 1. The van der Waals surface area contributed by atoms with E-state index in [-0.39, 0.29) is 24.8 Å². The van der Waals surface area contributed by atoms with Gasteiger partial charge in [0.15, 0.2) is 11.4 Å². The number of piperazine rings is 1. The number of aromatic nitrogens is 1. The molecule has 1 aromatic rings. The molecule has 0 atom stereocenters. The number of halogens is 2. The molecular formula is C13H19Cl2N3O. The van der Waals surface area contributed by atoms with E-state index in [0.717, 1.165) is 38.5 Å². The Bertz CT molecular complexity index is 425. The van der Waals surface area contributed by atoms with E-state index in [2.05, 4.69) is 27.0 Å². The molecule has 2 heterocycles. The lowest BCUT2D eigenvalue weighted by Crippen LogP contribution is -2.43. The molecule has 106 valence electrons. The van der Waals surface area contributed by atoms with E-state index in [9.17, 15) is 0 Å². The van der Waals surface area contributed by atoms with Crippen molar-refractivity contribution in [2.24, 2.45) is 0 Å². The Labute approximate surface area is 126 Å². The molecule has 0 spiro atoms. The van der Waals surface area contributed by atoms with Crippen molar-refractivity contribution in [1.29, 1.82) is 0 Å². The van der Waals surface area contributed by atoms with Gasteiger partial charge in [-0.05, 0) is 18.1 Å².